The van der Waals surface area contributed by atoms with E-state index >= 15 is 0 Å². The topological polar surface area (TPSA) is 108 Å². The summed E-state index contributed by atoms with van der Waals surface area (Å²) in [6.07, 6.45) is 7.56. The lowest BCUT2D eigenvalue weighted by molar-refractivity contribution is 0.0694. The fourth-order valence-electron chi connectivity index (χ4n) is 4.97. The van der Waals surface area contributed by atoms with Crippen LogP contribution in [0.4, 0.5) is 0 Å². The Morgan fingerprint density at radius 3 is 2.84 bits per heavy atom. The van der Waals surface area contributed by atoms with Crippen molar-refractivity contribution < 1.29 is 14.6 Å². The molecule has 2 fully saturated rings. The number of aromatic nitrogens is 1. The van der Waals surface area contributed by atoms with Crippen LogP contribution in [0.25, 0.3) is 11.8 Å². The Morgan fingerprint density at radius 1 is 1.42 bits per heavy atom. The van der Waals surface area contributed by atoms with Crippen molar-refractivity contribution in [2.24, 2.45) is 5.92 Å². The van der Waals surface area contributed by atoms with Gasteiger partial charge in [0.1, 0.15) is 11.3 Å². The second-order valence-electron chi connectivity index (χ2n) is 8.80. The number of methoxy groups -OCH3 is 1. The van der Waals surface area contributed by atoms with Crippen molar-refractivity contribution in [3.05, 3.63) is 32.6 Å². The van der Waals surface area contributed by atoms with Crippen LogP contribution in [0, 0.1) is 17.2 Å². The van der Waals surface area contributed by atoms with Crippen LogP contribution in [0.1, 0.15) is 55.4 Å². The van der Waals surface area contributed by atoms with Crippen LogP contribution >= 0.6 is 0 Å². The van der Waals surface area contributed by atoms with Crippen LogP contribution in [-0.2, 0) is 4.74 Å². The average molecular weight is 427 g/mol. The molecule has 0 spiro atoms. The van der Waals surface area contributed by atoms with Gasteiger partial charge in [0.15, 0.2) is 0 Å². The molecule has 2 aliphatic carbocycles. The van der Waals surface area contributed by atoms with E-state index < -0.39 is 11.4 Å². The van der Waals surface area contributed by atoms with Gasteiger partial charge in [0.25, 0.3) is 0 Å². The molecule has 1 aromatic heterocycles. The van der Waals surface area contributed by atoms with Crippen molar-refractivity contribution >= 4 is 17.8 Å². The molecule has 8 nitrogen and oxygen atoms in total. The molecular weight excluding hydrogens is 396 g/mol. The molecule has 1 aliphatic heterocycles. The lowest BCUT2D eigenvalue weighted by atomic mass is 9.99. The van der Waals surface area contributed by atoms with Crippen molar-refractivity contribution in [3.8, 4) is 6.07 Å². The molecule has 0 radical (unpaired) electrons. The number of nitrogens with zero attached hydrogens (tertiary/aromatic N) is 3. The van der Waals surface area contributed by atoms with Crippen molar-refractivity contribution in [1.29, 1.82) is 5.26 Å². The maximum Gasteiger partial charge on any atom is 0.341 e. The van der Waals surface area contributed by atoms with Gasteiger partial charge >= 0.3 is 5.97 Å². The Balaban J connectivity index is 1.67. The Hall–Kier alpha value is -2.63. The second kappa shape index (κ2) is 8.85. The highest BCUT2D eigenvalue weighted by Crippen LogP contribution is 2.34. The van der Waals surface area contributed by atoms with Crippen LogP contribution in [0.5, 0.6) is 0 Å². The van der Waals surface area contributed by atoms with E-state index in [-0.39, 0.29) is 17.6 Å². The first kappa shape index (κ1) is 21.6. The first-order valence-corrected chi connectivity index (χ1v) is 11.1. The van der Waals surface area contributed by atoms with Crippen molar-refractivity contribution in [3.63, 3.8) is 0 Å². The summed E-state index contributed by atoms with van der Waals surface area (Å²) < 4.78 is 7.85. The summed E-state index contributed by atoms with van der Waals surface area (Å²) in [6, 6.07) is 2.75. The number of ether oxygens (including phenoxy) is 1. The van der Waals surface area contributed by atoms with E-state index in [9.17, 15) is 14.7 Å². The number of carboxylic acids is 1. The van der Waals surface area contributed by atoms with Gasteiger partial charge in [-0.3, -0.25) is 9.69 Å². The highest BCUT2D eigenvalue weighted by atomic mass is 16.5. The largest absolute Gasteiger partial charge is 0.497 e. The first-order chi connectivity index (χ1) is 15.0. The second-order valence-corrected chi connectivity index (χ2v) is 8.80. The molecule has 1 saturated heterocycles. The third-order valence-corrected chi connectivity index (χ3v) is 6.85. The normalized spacial score (nSPS) is 24.2. The number of carbonyl (C=O) groups is 1. The molecule has 1 saturated carbocycles. The van der Waals surface area contributed by atoms with Gasteiger partial charge in [0, 0.05) is 43.0 Å². The summed E-state index contributed by atoms with van der Waals surface area (Å²) in [5.41, 5.74) is -0.601. The summed E-state index contributed by atoms with van der Waals surface area (Å²) in [6.45, 7) is 4.74. The smallest absolute Gasteiger partial charge is 0.341 e. The first-order valence-electron chi connectivity index (χ1n) is 11.1. The molecule has 1 unspecified atom stereocenters. The zero-order valence-electron chi connectivity index (χ0n) is 18.1. The highest BCUT2D eigenvalue weighted by Gasteiger charge is 2.36. The van der Waals surface area contributed by atoms with E-state index in [0.29, 0.717) is 36.6 Å². The molecule has 4 rings (SSSR count). The van der Waals surface area contributed by atoms with E-state index in [4.69, 9.17) is 10.00 Å². The van der Waals surface area contributed by atoms with E-state index in [1.54, 1.807) is 7.11 Å². The third-order valence-electron chi connectivity index (χ3n) is 6.85. The lowest BCUT2D eigenvalue weighted by Gasteiger charge is -2.31. The number of carboxylic acid groups (broad SMARTS) is 1. The monoisotopic (exact) mass is 426 g/mol. The Morgan fingerprint density at radius 2 is 2.19 bits per heavy atom. The van der Waals surface area contributed by atoms with E-state index in [2.05, 4.69) is 23.2 Å². The summed E-state index contributed by atoms with van der Waals surface area (Å²) in [4.78, 5) is 26.9. The van der Waals surface area contributed by atoms with Crippen LogP contribution in [-0.4, -0.2) is 59.4 Å². The fraction of sp³-hybridized carbons (Fsp3) is 0.609. The maximum atomic E-state index is 12.9. The fourth-order valence-corrected chi connectivity index (χ4v) is 4.97. The molecule has 2 N–H and O–H groups in total. The molecule has 2 heterocycles. The molecule has 0 aromatic carbocycles. The Kier molecular flexibility index (Phi) is 6.17. The summed E-state index contributed by atoms with van der Waals surface area (Å²) in [5.74, 6) is 0.0688. The minimum atomic E-state index is -1.18. The molecule has 3 atom stereocenters. The minimum Gasteiger partial charge on any atom is -0.497 e. The van der Waals surface area contributed by atoms with Crippen molar-refractivity contribution in [2.45, 2.75) is 57.2 Å². The molecule has 166 valence electrons. The Bertz CT molecular complexity index is 1080. The van der Waals surface area contributed by atoms with Gasteiger partial charge in [-0.25, -0.2) is 4.79 Å². The molecule has 31 heavy (non-hydrogen) atoms. The van der Waals surface area contributed by atoms with Gasteiger partial charge in [0.05, 0.1) is 24.6 Å². The molecule has 3 aliphatic rings. The number of hydrogen-bond donors (Lipinski definition) is 2. The predicted molar refractivity (Wildman–Crippen MR) is 116 cm³/mol. The number of nitrogens with one attached hydrogen (secondary N) is 1. The maximum absolute atomic E-state index is 12.9. The standard InChI is InChI=1S/C23H30N4O4/c1-14(25-10-3-9-24)15-8-11-26(12-15)19-7-6-17-20(22(19)31-2)27(16-4-5-16)13-18(21(17)28)23(29)30/h6,13-16,19,25H,3-5,7-8,10-12H2,1-2H3,(H,29,30)/t14-,15+,19?/m0/s1. The van der Waals surface area contributed by atoms with Gasteiger partial charge in [0.2, 0.25) is 5.43 Å². The SMILES string of the molecule is COC1=c2c(c(=O)c(C(=O)O)cn2C2CC2)=CCC1N1CC[C@@H]([C@H](C)NCCC#N)C1. The average Bonchev–Trinajstić information content (AvgIpc) is 3.48. The van der Waals surface area contributed by atoms with Gasteiger partial charge in [-0.15, -0.1) is 0 Å². The van der Waals surface area contributed by atoms with Gasteiger partial charge in [-0.05, 0) is 45.1 Å². The van der Waals surface area contributed by atoms with Crippen LogP contribution in [0.15, 0.2) is 11.0 Å². The van der Waals surface area contributed by atoms with Crippen LogP contribution in [0.3, 0.4) is 0 Å². The van der Waals surface area contributed by atoms with E-state index in [1.165, 1.54) is 6.20 Å². The Labute approximate surface area is 181 Å². The molecule has 0 bridgehead atoms. The zero-order valence-corrected chi connectivity index (χ0v) is 18.1. The van der Waals surface area contributed by atoms with E-state index in [1.807, 2.05) is 10.6 Å². The summed E-state index contributed by atoms with van der Waals surface area (Å²) >= 11 is 0. The minimum absolute atomic E-state index is 0.0360. The lowest BCUT2D eigenvalue weighted by Crippen LogP contribution is -2.54. The number of fused-ring (bicyclic) bond motifs is 1. The van der Waals surface area contributed by atoms with Gasteiger partial charge in [-0.1, -0.05) is 6.08 Å². The molecular formula is C23H30N4O4. The quantitative estimate of drug-likeness (QED) is 0.580. The highest BCUT2D eigenvalue weighted by molar-refractivity contribution is 5.87. The molecule has 1 aromatic rings. The number of hydrogen-bond acceptors (Lipinski definition) is 6. The number of nitriles is 1. The van der Waals surface area contributed by atoms with Gasteiger partial charge < -0.3 is 19.7 Å². The van der Waals surface area contributed by atoms with Crippen LogP contribution < -0.4 is 21.3 Å². The number of aromatic carboxylic acids is 1. The van der Waals surface area contributed by atoms with E-state index in [0.717, 1.165) is 43.5 Å². The predicted octanol–water partition coefficient (Wildman–Crippen LogP) is 0.402. The summed E-state index contributed by atoms with van der Waals surface area (Å²) in [7, 11) is 1.64. The van der Waals surface area contributed by atoms with Crippen LogP contribution in [0.2, 0.25) is 0 Å². The molecule has 8 heteroatoms. The summed E-state index contributed by atoms with van der Waals surface area (Å²) in [5, 5.41) is 22.9. The number of likely N-dealkylation sites (tertiary alicyclic amines) is 1. The molecule has 0 amide bonds. The van der Waals surface area contributed by atoms with Gasteiger partial charge in [-0.2, -0.15) is 5.26 Å². The number of pyridine rings is 1. The number of rotatable bonds is 8. The zero-order chi connectivity index (χ0) is 22.1. The third kappa shape index (κ3) is 4.12. The van der Waals surface area contributed by atoms with Crippen molar-refractivity contribution in [2.75, 3.05) is 26.7 Å². The van der Waals surface area contributed by atoms with Crippen molar-refractivity contribution in [1.82, 2.24) is 14.8 Å².